The number of halogens is 2. The van der Waals surface area contributed by atoms with E-state index in [1.165, 1.54) is 11.8 Å². The highest BCUT2D eigenvalue weighted by Crippen LogP contribution is 2.29. The van der Waals surface area contributed by atoms with Gasteiger partial charge in [0.05, 0.1) is 16.3 Å². The first-order chi connectivity index (χ1) is 13.7. The Morgan fingerprint density at radius 3 is 2.50 bits per heavy atom. The summed E-state index contributed by atoms with van der Waals surface area (Å²) in [5, 5.41) is 18.9. The second kappa shape index (κ2) is 8.34. The summed E-state index contributed by atoms with van der Waals surface area (Å²) in [5.74, 6) is 2.18. The van der Waals surface area contributed by atoms with Crippen molar-refractivity contribution in [2.24, 2.45) is 0 Å². The van der Waals surface area contributed by atoms with E-state index in [-0.39, 0.29) is 0 Å². The van der Waals surface area contributed by atoms with Gasteiger partial charge in [0.25, 0.3) is 0 Å². The lowest BCUT2D eigenvalue weighted by Gasteiger charge is -2.06. The van der Waals surface area contributed by atoms with E-state index in [0.717, 1.165) is 28.7 Å². The van der Waals surface area contributed by atoms with E-state index in [0.29, 0.717) is 27.6 Å². The van der Waals surface area contributed by atoms with E-state index in [1.807, 2.05) is 47.0 Å². The molecular formula is C19H15Cl2N5OS. The van der Waals surface area contributed by atoms with Crippen LogP contribution in [-0.2, 0) is 12.3 Å². The van der Waals surface area contributed by atoms with Crippen LogP contribution >= 0.6 is 35.0 Å². The number of thioether (sulfide) groups is 1. The van der Waals surface area contributed by atoms with Crippen molar-refractivity contribution >= 4 is 35.0 Å². The molecule has 28 heavy (non-hydrogen) atoms. The Bertz CT molecular complexity index is 1090. The van der Waals surface area contributed by atoms with E-state index in [9.17, 15) is 0 Å². The van der Waals surface area contributed by atoms with Crippen LogP contribution in [0.2, 0.25) is 10.0 Å². The minimum atomic E-state index is 0.403. The zero-order valence-electron chi connectivity index (χ0n) is 14.8. The molecule has 0 bridgehead atoms. The SMILES string of the molecule is CCn1c(SCc2nnc(-c3ccccc3Cl)o2)nnc1-c1ccc(Cl)cc1. The molecule has 142 valence electrons. The molecule has 9 heteroatoms. The van der Waals surface area contributed by atoms with Crippen LogP contribution in [0.1, 0.15) is 12.8 Å². The monoisotopic (exact) mass is 431 g/mol. The van der Waals surface area contributed by atoms with Crippen LogP contribution in [-0.4, -0.2) is 25.0 Å². The Kier molecular flexibility index (Phi) is 5.66. The topological polar surface area (TPSA) is 69.6 Å². The molecule has 0 spiro atoms. The molecule has 0 aliphatic carbocycles. The number of rotatable bonds is 6. The van der Waals surface area contributed by atoms with E-state index in [4.69, 9.17) is 27.6 Å². The zero-order chi connectivity index (χ0) is 19.5. The molecule has 2 heterocycles. The van der Waals surface area contributed by atoms with Gasteiger partial charge in [-0.2, -0.15) is 0 Å². The average Bonchev–Trinajstić information content (AvgIpc) is 3.34. The summed E-state index contributed by atoms with van der Waals surface area (Å²) in [5.41, 5.74) is 1.68. The Balaban J connectivity index is 1.51. The molecular weight excluding hydrogens is 417 g/mol. The minimum absolute atomic E-state index is 0.403. The molecule has 6 nitrogen and oxygen atoms in total. The van der Waals surface area contributed by atoms with Gasteiger partial charge >= 0.3 is 0 Å². The maximum atomic E-state index is 6.19. The number of nitrogens with zero attached hydrogens (tertiary/aromatic N) is 5. The Labute approximate surface area is 175 Å². The standard InChI is InChI=1S/C19H15Cl2N5OS/c1-2-26-17(12-7-9-13(20)10-8-12)23-25-19(26)28-11-16-22-24-18(27-16)14-5-3-4-6-15(14)21/h3-10H,2,11H2,1H3. The van der Waals surface area contributed by atoms with Gasteiger partial charge in [-0.3, -0.25) is 0 Å². The van der Waals surface area contributed by atoms with Gasteiger partial charge < -0.3 is 8.98 Å². The van der Waals surface area contributed by atoms with Crippen LogP contribution in [0.15, 0.2) is 58.1 Å². The Morgan fingerprint density at radius 1 is 0.964 bits per heavy atom. The predicted molar refractivity (Wildman–Crippen MR) is 110 cm³/mol. The van der Waals surface area contributed by atoms with Gasteiger partial charge in [0.1, 0.15) is 0 Å². The summed E-state index contributed by atoms with van der Waals surface area (Å²) < 4.78 is 7.79. The fourth-order valence-corrected chi connectivity index (χ4v) is 3.86. The highest BCUT2D eigenvalue weighted by atomic mass is 35.5. The van der Waals surface area contributed by atoms with Crippen molar-refractivity contribution in [2.75, 3.05) is 0 Å². The maximum absolute atomic E-state index is 6.19. The van der Waals surface area contributed by atoms with E-state index >= 15 is 0 Å². The van der Waals surface area contributed by atoms with Crippen molar-refractivity contribution in [3.63, 3.8) is 0 Å². The van der Waals surface area contributed by atoms with Crippen LogP contribution in [0.4, 0.5) is 0 Å². The Hall–Kier alpha value is -2.35. The molecule has 0 aliphatic heterocycles. The van der Waals surface area contributed by atoms with Crippen molar-refractivity contribution in [1.82, 2.24) is 25.0 Å². The van der Waals surface area contributed by atoms with E-state index < -0.39 is 0 Å². The van der Waals surface area contributed by atoms with Crippen molar-refractivity contribution in [3.05, 3.63) is 64.5 Å². The summed E-state index contributed by atoms with van der Waals surface area (Å²) in [4.78, 5) is 0. The third-order valence-corrected chi connectivity index (χ3v) is 5.56. The highest BCUT2D eigenvalue weighted by molar-refractivity contribution is 7.98. The lowest BCUT2D eigenvalue weighted by atomic mass is 10.2. The van der Waals surface area contributed by atoms with Gasteiger partial charge in [-0.25, -0.2) is 0 Å². The fourth-order valence-electron chi connectivity index (χ4n) is 2.67. The van der Waals surface area contributed by atoms with Crippen LogP contribution in [0, 0.1) is 0 Å². The maximum Gasteiger partial charge on any atom is 0.249 e. The number of hydrogen-bond acceptors (Lipinski definition) is 6. The summed E-state index contributed by atoms with van der Waals surface area (Å²) in [6.07, 6.45) is 0. The van der Waals surface area contributed by atoms with Gasteiger partial charge in [-0.1, -0.05) is 47.1 Å². The van der Waals surface area contributed by atoms with E-state index in [2.05, 4.69) is 27.3 Å². The summed E-state index contributed by atoms with van der Waals surface area (Å²) >= 11 is 13.7. The number of hydrogen-bond donors (Lipinski definition) is 0. The summed E-state index contributed by atoms with van der Waals surface area (Å²) in [6.45, 7) is 2.79. The molecule has 4 aromatic rings. The molecule has 0 saturated heterocycles. The second-order valence-electron chi connectivity index (χ2n) is 5.83. The third kappa shape index (κ3) is 3.92. The molecule has 2 aromatic carbocycles. The van der Waals surface area contributed by atoms with Crippen LogP contribution in [0.3, 0.4) is 0 Å². The largest absolute Gasteiger partial charge is 0.420 e. The molecule has 0 amide bonds. The Morgan fingerprint density at radius 2 is 1.75 bits per heavy atom. The predicted octanol–water partition coefficient (Wildman–Crippen LogP) is 5.61. The highest BCUT2D eigenvalue weighted by Gasteiger charge is 2.16. The van der Waals surface area contributed by atoms with Gasteiger partial charge in [0.2, 0.25) is 11.8 Å². The van der Waals surface area contributed by atoms with Gasteiger partial charge in [-0.15, -0.1) is 20.4 Å². The molecule has 0 atom stereocenters. The number of aromatic nitrogens is 5. The quantitative estimate of drug-likeness (QED) is 0.369. The molecule has 0 saturated carbocycles. The van der Waals surface area contributed by atoms with Crippen LogP contribution < -0.4 is 0 Å². The van der Waals surface area contributed by atoms with Crippen molar-refractivity contribution in [2.45, 2.75) is 24.4 Å². The molecule has 2 aromatic heterocycles. The van der Waals surface area contributed by atoms with E-state index in [1.54, 1.807) is 6.07 Å². The average molecular weight is 432 g/mol. The second-order valence-corrected chi connectivity index (χ2v) is 7.61. The minimum Gasteiger partial charge on any atom is -0.420 e. The lowest BCUT2D eigenvalue weighted by Crippen LogP contribution is -1.99. The zero-order valence-corrected chi connectivity index (χ0v) is 17.2. The third-order valence-electron chi connectivity index (χ3n) is 4.03. The molecule has 0 N–H and O–H groups in total. The summed E-state index contributed by atoms with van der Waals surface area (Å²) in [7, 11) is 0. The molecule has 0 unspecified atom stereocenters. The molecule has 0 fully saturated rings. The molecule has 0 radical (unpaired) electrons. The first-order valence-corrected chi connectivity index (χ1v) is 10.3. The number of benzene rings is 2. The van der Waals surface area contributed by atoms with Crippen molar-refractivity contribution in [3.8, 4) is 22.8 Å². The lowest BCUT2D eigenvalue weighted by molar-refractivity contribution is 0.528. The molecule has 4 rings (SSSR count). The van der Waals surface area contributed by atoms with Crippen molar-refractivity contribution < 1.29 is 4.42 Å². The first kappa shape index (κ1) is 19.0. The summed E-state index contributed by atoms with van der Waals surface area (Å²) in [6, 6.07) is 14.9. The fraction of sp³-hybridized carbons (Fsp3) is 0.158. The first-order valence-electron chi connectivity index (χ1n) is 8.55. The smallest absolute Gasteiger partial charge is 0.249 e. The van der Waals surface area contributed by atoms with Gasteiger partial charge in [0.15, 0.2) is 11.0 Å². The van der Waals surface area contributed by atoms with Crippen LogP contribution in [0.5, 0.6) is 0 Å². The van der Waals surface area contributed by atoms with Gasteiger partial charge in [-0.05, 0) is 43.3 Å². The normalized spacial score (nSPS) is 11.1. The van der Waals surface area contributed by atoms with Crippen LogP contribution in [0.25, 0.3) is 22.8 Å². The van der Waals surface area contributed by atoms with Crippen molar-refractivity contribution in [1.29, 1.82) is 0 Å². The molecule has 0 aliphatic rings. The van der Waals surface area contributed by atoms with Gasteiger partial charge in [0, 0.05) is 17.1 Å².